The van der Waals surface area contributed by atoms with Gasteiger partial charge in [-0.15, -0.1) is 0 Å². The van der Waals surface area contributed by atoms with Crippen molar-refractivity contribution < 1.29 is 19.1 Å². The first-order chi connectivity index (χ1) is 20.0. The van der Waals surface area contributed by atoms with Crippen LogP contribution in [0.3, 0.4) is 0 Å². The van der Waals surface area contributed by atoms with Crippen molar-refractivity contribution in [3.8, 4) is 17.6 Å². The van der Waals surface area contributed by atoms with Gasteiger partial charge >= 0.3 is 0 Å². The Morgan fingerprint density at radius 3 is 2.49 bits per heavy atom. The summed E-state index contributed by atoms with van der Waals surface area (Å²) in [4.78, 5) is 34.7. The molecular weight excluding hydrogens is 516 g/mol. The topological polar surface area (TPSA) is 95.8 Å². The molecule has 8 heteroatoms. The van der Waals surface area contributed by atoms with Gasteiger partial charge in [0.25, 0.3) is 5.91 Å². The lowest BCUT2D eigenvalue weighted by molar-refractivity contribution is 0.0537. The van der Waals surface area contributed by atoms with Gasteiger partial charge in [-0.05, 0) is 86.7 Å². The summed E-state index contributed by atoms with van der Waals surface area (Å²) in [6, 6.07) is 20.8. The first-order valence-electron chi connectivity index (χ1n) is 14.3. The molecule has 2 saturated heterocycles. The molecule has 0 radical (unpaired) electrons. The van der Waals surface area contributed by atoms with E-state index in [0.717, 1.165) is 56.8 Å². The van der Waals surface area contributed by atoms with Crippen molar-refractivity contribution in [2.75, 3.05) is 33.3 Å². The van der Waals surface area contributed by atoms with Crippen LogP contribution in [0, 0.1) is 17.2 Å². The first-order valence-corrected chi connectivity index (χ1v) is 14.3. The summed E-state index contributed by atoms with van der Waals surface area (Å²) in [5.41, 5.74) is 2.77. The molecule has 1 unspecified atom stereocenters. The summed E-state index contributed by atoms with van der Waals surface area (Å²) >= 11 is 0. The SMILES string of the molecule is COc1cccc(OC2CCCN(C(=O)c3ccc(C(=O)CC4CCN(Cc5ccc(C#N)cc5)CC4)nc3)C2)c1. The number of benzene rings is 2. The number of amides is 1. The molecule has 0 spiro atoms. The Morgan fingerprint density at radius 1 is 1.00 bits per heavy atom. The Morgan fingerprint density at radius 2 is 1.78 bits per heavy atom. The second-order valence-electron chi connectivity index (χ2n) is 10.9. The highest BCUT2D eigenvalue weighted by Crippen LogP contribution is 2.25. The van der Waals surface area contributed by atoms with Crippen LogP contribution >= 0.6 is 0 Å². The number of rotatable bonds is 9. The Labute approximate surface area is 241 Å². The van der Waals surface area contributed by atoms with E-state index in [4.69, 9.17) is 14.7 Å². The number of methoxy groups -OCH3 is 1. The van der Waals surface area contributed by atoms with Gasteiger partial charge in [0.15, 0.2) is 5.78 Å². The number of aromatic nitrogens is 1. The number of ketones is 1. The summed E-state index contributed by atoms with van der Waals surface area (Å²) in [6.45, 7) is 3.91. The third-order valence-corrected chi connectivity index (χ3v) is 7.98. The van der Waals surface area contributed by atoms with E-state index in [2.05, 4.69) is 16.0 Å². The number of hydrogen-bond acceptors (Lipinski definition) is 7. The fraction of sp³-hybridized carbons (Fsp3) is 0.394. The van der Waals surface area contributed by atoms with Gasteiger partial charge in [-0.1, -0.05) is 18.2 Å². The zero-order chi connectivity index (χ0) is 28.6. The van der Waals surface area contributed by atoms with Crippen molar-refractivity contribution in [2.45, 2.75) is 44.8 Å². The number of carbonyl (C=O) groups is 2. The lowest BCUT2D eigenvalue weighted by Crippen LogP contribution is -2.44. The fourth-order valence-electron chi connectivity index (χ4n) is 5.61. The monoisotopic (exact) mass is 552 g/mol. The highest BCUT2D eigenvalue weighted by atomic mass is 16.5. The number of likely N-dealkylation sites (tertiary alicyclic amines) is 2. The zero-order valence-electron chi connectivity index (χ0n) is 23.5. The molecule has 1 aromatic heterocycles. The fourth-order valence-corrected chi connectivity index (χ4v) is 5.61. The number of pyridine rings is 1. The molecule has 2 fully saturated rings. The normalized spacial score (nSPS) is 18.0. The van der Waals surface area contributed by atoms with Crippen LogP contribution in [0.5, 0.6) is 11.5 Å². The van der Waals surface area contributed by atoms with E-state index in [9.17, 15) is 9.59 Å². The minimum atomic E-state index is -0.0934. The van der Waals surface area contributed by atoms with E-state index in [1.165, 1.54) is 11.8 Å². The molecule has 3 aromatic rings. The molecule has 0 saturated carbocycles. The van der Waals surface area contributed by atoms with E-state index in [1.807, 2.05) is 48.5 Å². The van der Waals surface area contributed by atoms with E-state index in [0.29, 0.717) is 42.2 Å². The second-order valence-corrected chi connectivity index (χ2v) is 10.9. The molecule has 41 heavy (non-hydrogen) atoms. The van der Waals surface area contributed by atoms with Crippen molar-refractivity contribution in [3.63, 3.8) is 0 Å². The number of hydrogen-bond donors (Lipinski definition) is 0. The molecule has 0 N–H and O–H groups in total. The van der Waals surface area contributed by atoms with Gasteiger partial charge in [0.05, 0.1) is 30.9 Å². The Balaban J connectivity index is 1.09. The summed E-state index contributed by atoms with van der Waals surface area (Å²) in [6.07, 6.45) is 5.57. The highest BCUT2D eigenvalue weighted by Gasteiger charge is 2.27. The van der Waals surface area contributed by atoms with E-state index in [-0.39, 0.29) is 17.8 Å². The maximum absolute atomic E-state index is 13.2. The van der Waals surface area contributed by atoms with Crippen LogP contribution in [0.25, 0.3) is 0 Å². The number of ether oxygens (including phenoxy) is 2. The summed E-state index contributed by atoms with van der Waals surface area (Å²) in [5, 5.41) is 8.97. The number of carbonyl (C=O) groups excluding carboxylic acids is 2. The quantitative estimate of drug-likeness (QED) is 0.340. The first kappa shape index (κ1) is 28.3. The van der Waals surface area contributed by atoms with Crippen LogP contribution < -0.4 is 9.47 Å². The zero-order valence-corrected chi connectivity index (χ0v) is 23.5. The summed E-state index contributed by atoms with van der Waals surface area (Å²) in [7, 11) is 1.62. The molecule has 1 atom stereocenters. The van der Waals surface area contributed by atoms with Crippen molar-refractivity contribution >= 4 is 11.7 Å². The predicted octanol–water partition coefficient (Wildman–Crippen LogP) is 5.13. The minimum absolute atomic E-state index is 0.0271. The van der Waals surface area contributed by atoms with Crippen LogP contribution in [0.2, 0.25) is 0 Å². The number of Topliss-reactive ketones (excluding diaryl/α,β-unsaturated/α-hetero) is 1. The average molecular weight is 553 g/mol. The molecule has 212 valence electrons. The third-order valence-electron chi connectivity index (χ3n) is 7.98. The maximum atomic E-state index is 13.2. The molecule has 2 aliphatic heterocycles. The number of piperidine rings is 2. The van der Waals surface area contributed by atoms with Crippen molar-refractivity contribution in [1.29, 1.82) is 5.26 Å². The summed E-state index contributed by atoms with van der Waals surface area (Å²) < 4.78 is 11.4. The smallest absolute Gasteiger partial charge is 0.255 e. The van der Waals surface area contributed by atoms with Crippen LogP contribution in [-0.2, 0) is 6.54 Å². The Hall–Kier alpha value is -4.22. The summed E-state index contributed by atoms with van der Waals surface area (Å²) in [5.74, 6) is 1.73. The van der Waals surface area contributed by atoms with E-state index in [1.54, 1.807) is 24.1 Å². The minimum Gasteiger partial charge on any atom is -0.497 e. The molecule has 5 rings (SSSR count). The third kappa shape index (κ3) is 7.50. The predicted molar refractivity (Wildman–Crippen MR) is 155 cm³/mol. The second kappa shape index (κ2) is 13.4. The molecule has 2 aliphatic rings. The van der Waals surface area contributed by atoms with Gasteiger partial charge in [-0.25, -0.2) is 0 Å². The van der Waals surface area contributed by atoms with Gasteiger partial charge in [0.2, 0.25) is 0 Å². The van der Waals surface area contributed by atoms with Crippen molar-refractivity contribution in [3.05, 3.63) is 89.2 Å². The maximum Gasteiger partial charge on any atom is 0.255 e. The number of nitriles is 1. The van der Waals surface area contributed by atoms with Gasteiger partial charge in [0, 0.05) is 31.8 Å². The number of nitrogens with zero attached hydrogens (tertiary/aromatic N) is 4. The highest BCUT2D eigenvalue weighted by molar-refractivity contribution is 5.97. The van der Waals surface area contributed by atoms with Gasteiger partial charge in [-0.3, -0.25) is 19.5 Å². The van der Waals surface area contributed by atoms with Gasteiger partial charge in [0.1, 0.15) is 23.3 Å². The molecular formula is C33H36N4O4. The van der Waals surface area contributed by atoms with Crippen LogP contribution in [0.1, 0.15) is 64.1 Å². The standard InChI is InChI=1S/C33H36N4O4/c1-40-28-4-2-5-29(19-28)41-30-6-3-15-37(23-30)33(39)27-11-12-31(35-21-27)32(38)18-24-13-16-36(17-14-24)22-26-9-7-25(20-34)8-10-26/h2,4-5,7-12,19,21,24,30H,3,6,13-18,22-23H2,1H3. The Kier molecular flexibility index (Phi) is 9.27. The largest absolute Gasteiger partial charge is 0.497 e. The van der Waals surface area contributed by atoms with Crippen molar-refractivity contribution in [2.24, 2.45) is 5.92 Å². The Bertz CT molecular complexity index is 1380. The van der Waals surface area contributed by atoms with E-state index < -0.39 is 0 Å². The molecule has 8 nitrogen and oxygen atoms in total. The van der Waals surface area contributed by atoms with E-state index >= 15 is 0 Å². The van der Waals surface area contributed by atoms with Crippen LogP contribution in [0.15, 0.2) is 66.9 Å². The van der Waals surface area contributed by atoms with Crippen LogP contribution in [-0.4, -0.2) is 65.9 Å². The molecule has 2 aromatic carbocycles. The van der Waals surface area contributed by atoms with Gasteiger partial charge in [-0.2, -0.15) is 5.26 Å². The lowest BCUT2D eigenvalue weighted by Gasteiger charge is -2.33. The van der Waals surface area contributed by atoms with Crippen molar-refractivity contribution in [1.82, 2.24) is 14.8 Å². The molecule has 0 aliphatic carbocycles. The molecule has 3 heterocycles. The molecule has 0 bridgehead atoms. The average Bonchev–Trinajstić information content (AvgIpc) is 3.02. The van der Waals surface area contributed by atoms with Crippen LogP contribution in [0.4, 0.5) is 0 Å². The molecule has 1 amide bonds. The lowest BCUT2D eigenvalue weighted by atomic mass is 9.90. The van der Waals surface area contributed by atoms with Gasteiger partial charge < -0.3 is 14.4 Å².